The number of benzene rings is 4. The fraction of sp³-hybridized carbons (Fsp3) is 0.0714. The van der Waals surface area contributed by atoms with Crippen LogP contribution < -0.4 is 9.47 Å². The molecule has 4 aromatic carbocycles. The number of halogens is 2. The van der Waals surface area contributed by atoms with Crippen LogP contribution in [0.5, 0.6) is 11.5 Å². The van der Waals surface area contributed by atoms with E-state index in [4.69, 9.17) is 9.47 Å². The molecule has 1 aromatic heterocycles. The Morgan fingerprint density at radius 1 is 1.11 bits per heavy atom. The summed E-state index contributed by atoms with van der Waals surface area (Å²) in [5.74, 6) is 1.08. The van der Waals surface area contributed by atoms with E-state index < -0.39 is 0 Å². The van der Waals surface area contributed by atoms with Gasteiger partial charge >= 0.3 is 0 Å². The first-order valence-corrected chi connectivity index (χ1v) is 11.6. The summed E-state index contributed by atoms with van der Waals surface area (Å²) in [5.41, 5.74) is 3.19. The molecule has 0 aliphatic carbocycles. The number of aromatic nitrogens is 2. The van der Waals surface area contributed by atoms with E-state index in [2.05, 4.69) is 50.2 Å². The van der Waals surface area contributed by atoms with E-state index >= 15 is 0 Å². The standard InChI is InChI=1S/C28H19BrFN3O2/c1-34-26-13-17(11-20(15-31)28-32-24-10-9-21(30)14-25(24)33-28)12-23(29)27(26)35-16-19-7-4-6-18-5-2-3-8-22(18)19/h2-14H,16H2,1H3,(H,32,33)/b20-11+. The highest BCUT2D eigenvalue weighted by Gasteiger charge is 2.14. The SMILES string of the molecule is COc1cc(/C=C(\C#N)c2nc3ccc(F)cc3[nH]2)cc(Br)c1OCc1cccc2ccccc12. The number of fused-ring (bicyclic) bond motifs is 2. The Morgan fingerprint density at radius 2 is 1.94 bits per heavy atom. The van der Waals surface area contributed by atoms with Crippen LogP contribution in [0.2, 0.25) is 0 Å². The fourth-order valence-electron chi connectivity index (χ4n) is 3.96. The van der Waals surface area contributed by atoms with Crippen LogP contribution in [0.1, 0.15) is 17.0 Å². The third-order valence-electron chi connectivity index (χ3n) is 5.63. The third-order valence-corrected chi connectivity index (χ3v) is 6.22. The lowest BCUT2D eigenvalue weighted by Gasteiger charge is -2.15. The van der Waals surface area contributed by atoms with E-state index in [0.717, 1.165) is 21.9 Å². The molecular weight excluding hydrogens is 509 g/mol. The average molecular weight is 528 g/mol. The van der Waals surface area contributed by atoms with Crippen LogP contribution in [0.4, 0.5) is 4.39 Å². The van der Waals surface area contributed by atoms with Gasteiger partial charge in [-0.3, -0.25) is 0 Å². The normalized spacial score (nSPS) is 11.5. The molecule has 0 amide bonds. The van der Waals surface area contributed by atoms with Crippen molar-refractivity contribution < 1.29 is 13.9 Å². The summed E-state index contributed by atoms with van der Waals surface area (Å²) in [5, 5.41) is 12.0. The monoisotopic (exact) mass is 527 g/mol. The zero-order valence-electron chi connectivity index (χ0n) is 18.7. The minimum Gasteiger partial charge on any atom is -0.493 e. The van der Waals surface area contributed by atoms with Crippen molar-refractivity contribution in [1.29, 1.82) is 5.26 Å². The van der Waals surface area contributed by atoms with Crippen LogP contribution >= 0.6 is 15.9 Å². The molecule has 7 heteroatoms. The van der Waals surface area contributed by atoms with Gasteiger partial charge in [0.25, 0.3) is 0 Å². The van der Waals surface area contributed by atoms with Gasteiger partial charge in [0.1, 0.15) is 24.3 Å². The summed E-state index contributed by atoms with van der Waals surface area (Å²) in [6.45, 7) is 0.366. The molecule has 5 rings (SSSR count). The number of nitrogens with one attached hydrogen (secondary N) is 1. The van der Waals surface area contributed by atoms with Crippen LogP contribution in [0.25, 0.3) is 33.5 Å². The molecule has 0 saturated carbocycles. The second kappa shape index (κ2) is 9.61. The molecule has 35 heavy (non-hydrogen) atoms. The summed E-state index contributed by atoms with van der Waals surface area (Å²) in [7, 11) is 1.57. The number of allylic oxidation sites excluding steroid dienone is 1. The number of hydrogen-bond acceptors (Lipinski definition) is 4. The van der Waals surface area contributed by atoms with E-state index in [-0.39, 0.29) is 5.82 Å². The van der Waals surface area contributed by atoms with Gasteiger partial charge in [-0.05, 0) is 74.2 Å². The van der Waals surface area contributed by atoms with Crippen LogP contribution in [-0.2, 0) is 6.61 Å². The van der Waals surface area contributed by atoms with Crippen molar-refractivity contribution in [1.82, 2.24) is 9.97 Å². The molecule has 0 saturated heterocycles. The Balaban J connectivity index is 1.45. The quantitative estimate of drug-likeness (QED) is 0.235. The molecular formula is C28H19BrFN3O2. The smallest absolute Gasteiger partial charge is 0.175 e. The number of methoxy groups -OCH3 is 1. The molecule has 0 spiro atoms. The molecule has 0 unspecified atom stereocenters. The van der Waals surface area contributed by atoms with Gasteiger partial charge in [0, 0.05) is 0 Å². The summed E-state index contributed by atoms with van der Waals surface area (Å²) < 4.78 is 26.0. The lowest BCUT2D eigenvalue weighted by Crippen LogP contribution is -2.00. The van der Waals surface area contributed by atoms with E-state index in [1.807, 2.05) is 30.3 Å². The van der Waals surface area contributed by atoms with Gasteiger partial charge in [-0.25, -0.2) is 9.37 Å². The van der Waals surface area contributed by atoms with Crippen molar-refractivity contribution in [2.24, 2.45) is 0 Å². The van der Waals surface area contributed by atoms with Gasteiger partial charge in [-0.15, -0.1) is 0 Å². The molecule has 0 atom stereocenters. The van der Waals surface area contributed by atoms with Crippen LogP contribution in [0, 0.1) is 17.1 Å². The van der Waals surface area contributed by atoms with E-state index in [1.54, 1.807) is 25.3 Å². The molecule has 0 fully saturated rings. The van der Waals surface area contributed by atoms with E-state index in [0.29, 0.717) is 45.0 Å². The second-order valence-corrected chi connectivity index (χ2v) is 8.73. The van der Waals surface area contributed by atoms with Crippen molar-refractivity contribution in [3.63, 3.8) is 0 Å². The van der Waals surface area contributed by atoms with Crippen molar-refractivity contribution in [2.45, 2.75) is 6.61 Å². The van der Waals surface area contributed by atoms with Gasteiger partial charge in [-0.1, -0.05) is 42.5 Å². The first-order valence-electron chi connectivity index (χ1n) is 10.8. The molecule has 0 aliphatic heterocycles. The van der Waals surface area contributed by atoms with Crippen molar-refractivity contribution >= 4 is 49.4 Å². The Morgan fingerprint density at radius 3 is 2.77 bits per heavy atom. The van der Waals surface area contributed by atoms with Crippen LogP contribution in [0.15, 0.2) is 77.3 Å². The first-order chi connectivity index (χ1) is 17.1. The summed E-state index contributed by atoms with van der Waals surface area (Å²) in [4.78, 5) is 7.42. The predicted molar refractivity (Wildman–Crippen MR) is 139 cm³/mol. The Kier molecular flexibility index (Phi) is 6.21. The number of ether oxygens (including phenoxy) is 2. The van der Waals surface area contributed by atoms with Crippen molar-refractivity contribution in [3.05, 3.63) is 100 Å². The molecule has 1 N–H and O–H groups in total. The maximum Gasteiger partial charge on any atom is 0.175 e. The van der Waals surface area contributed by atoms with Crippen LogP contribution in [-0.4, -0.2) is 17.1 Å². The minimum absolute atomic E-state index is 0.306. The molecule has 0 bridgehead atoms. The lowest BCUT2D eigenvalue weighted by atomic mass is 10.1. The number of rotatable bonds is 6. The van der Waals surface area contributed by atoms with E-state index in [1.165, 1.54) is 12.1 Å². The summed E-state index contributed by atoms with van der Waals surface area (Å²) >= 11 is 3.58. The van der Waals surface area contributed by atoms with Gasteiger partial charge in [-0.2, -0.15) is 5.26 Å². The predicted octanol–water partition coefficient (Wildman–Crippen LogP) is 7.27. The van der Waals surface area contributed by atoms with Crippen molar-refractivity contribution in [3.8, 4) is 17.6 Å². The van der Waals surface area contributed by atoms with Crippen molar-refractivity contribution in [2.75, 3.05) is 7.11 Å². The zero-order valence-corrected chi connectivity index (χ0v) is 20.3. The fourth-order valence-corrected chi connectivity index (χ4v) is 4.54. The topological polar surface area (TPSA) is 70.9 Å². The highest BCUT2D eigenvalue weighted by molar-refractivity contribution is 9.10. The summed E-state index contributed by atoms with van der Waals surface area (Å²) in [6, 6.07) is 24.3. The Hall–Kier alpha value is -4.15. The van der Waals surface area contributed by atoms with Gasteiger partial charge < -0.3 is 14.5 Å². The molecule has 172 valence electrons. The maximum atomic E-state index is 13.5. The van der Waals surface area contributed by atoms with Crippen LogP contribution in [0.3, 0.4) is 0 Å². The van der Waals surface area contributed by atoms with Gasteiger partial charge in [0.15, 0.2) is 11.5 Å². The average Bonchev–Trinajstić information content (AvgIpc) is 3.29. The zero-order chi connectivity index (χ0) is 24.4. The van der Waals surface area contributed by atoms with E-state index in [9.17, 15) is 9.65 Å². The number of nitrogens with zero attached hydrogens (tertiary/aromatic N) is 2. The highest BCUT2D eigenvalue weighted by atomic mass is 79.9. The Bertz CT molecular complexity index is 1630. The van der Waals surface area contributed by atoms with Gasteiger partial charge in [0.05, 0.1) is 28.2 Å². The molecule has 1 heterocycles. The maximum absolute atomic E-state index is 13.5. The minimum atomic E-state index is -0.372. The molecule has 0 aliphatic rings. The number of H-pyrrole nitrogens is 1. The first kappa shape index (κ1) is 22.6. The number of nitriles is 1. The molecule has 5 aromatic rings. The third kappa shape index (κ3) is 4.61. The molecule has 5 nitrogen and oxygen atoms in total. The number of hydrogen-bond donors (Lipinski definition) is 1. The number of aromatic amines is 1. The summed E-state index contributed by atoms with van der Waals surface area (Å²) in [6.07, 6.45) is 1.69. The Labute approximate surface area is 209 Å². The highest BCUT2D eigenvalue weighted by Crippen LogP contribution is 2.38. The largest absolute Gasteiger partial charge is 0.493 e. The lowest BCUT2D eigenvalue weighted by molar-refractivity contribution is 0.283. The number of imidazole rings is 1. The molecule has 0 radical (unpaired) electrons. The second-order valence-electron chi connectivity index (χ2n) is 7.88. The van der Waals surface area contributed by atoms with Gasteiger partial charge in [0.2, 0.25) is 0 Å².